The van der Waals surface area contributed by atoms with Gasteiger partial charge >= 0.3 is 0 Å². The highest BCUT2D eigenvalue weighted by Gasteiger charge is 2.20. The predicted molar refractivity (Wildman–Crippen MR) is 44.0 cm³/mol. The van der Waals surface area contributed by atoms with Crippen LogP contribution in [0.2, 0.25) is 0 Å². The molecule has 0 aromatic rings. The summed E-state index contributed by atoms with van der Waals surface area (Å²) in [5.74, 6) is 0.508. The van der Waals surface area contributed by atoms with Gasteiger partial charge in [-0.25, -0.2) is 0 Å². The molecule has 3 N–H and O–H groups in total. The Morgan fingerprint density at radius 1 is 1.45 bits per heavy atom. The molecule has 64 valence electrons. The topological polar surface area (TPSA) is 55.1 Å². The van der Waals surface area contributed by atoms with E-state index in [0.717, 1.165) is 19.4 Å². The van der Waals surface area contributed by atoms with Crippen LogP contribution in [0, 0.1) is 5.92 Å². The van der Waals surface area contributed by atoms with Crippen molar-refractivity contribution in [2.24, 2.45) is 11.7 Å². The van der Waals surface area contributed by atoms with Gasteiger partial charge < -0.3 is 11.1 Å². The molecule has 2 atom stereocenters. The molecule has 0 aromatic heterocycles. The van der Waals surface area contributed by atoms with Crippen molar-refractivity contribution in [2.75, 3.05) is 6.54 Å². The second-order valence-electron chi connectivity index (χ2n) is 3.23. The van der Waals surface area contributed by atoms with Crippen molar-refractivity contribution in [1.29, 1.82) is 0 Å². The SMILES string of the molecule is NC1CCCCC1CNC=O. The number of hydrogen-bond acceptors (Lipinski definition) is 2. The summed E-state index contributed by atoms with van der Waals surface area (Å²) in [4.78, 5) is 10.0. The molecule has 3 heteroatoms. The minimum absolute atomic E-state index is 0.302. The molecule has 0 aromatic carbocycles. The van der Waals surface area contributed by atoms with Gasteiger partial charge in [0.15, 0.2) is 0 Å². The molecule has 0 spiro atoms. The Morgan fingerprint density at radius 2 is 2.18 bits per heavy atom. The lowest BCUT2D eigenvalue weighted by Gasteiger charge is -2.27. The van der Waals surface area contributed by atoms with Gasteiger partial charge in [-0.15, -0.1) is 0 Å². The van der Waals surface area contributed by atoms with Crippen LogP contribution in [-0.2, 0) is 4.79 Å². The van der Waals surface area contributed by atoms with Crippen molar-refractivity contribution in [3.63, 3.8) is 0 Å². The van der Waals surface area contributed by atoms with E-state index in [2.05, 4.69) is 5.32 Å². The molecule has 1 amide bonds. The van der Waals surface area contributed by atoms with Crippen LogP contribution < -0.4 is 11.1 Å². The first-order chi connectivity index (χ1) is 5.34. The van der Waals surface area contributed by atoms with Crippen LogP contribution in [0.1, 0.15) is 25.7 Å². The maximum Gasteiger partial charge on any atom is 0.207 e. The highest BCUT2D eigenvalue weighted by Crippen LogP contribution is 2.21. The van der Waals surface area contributed by atoms with E-state index in [9.17, 15) is 4.79 Å². The van der Waals surface area contributed by atoms with Crippen molar-refractivity contribution in [3.8, 4) is 0 Å². The summed E-state index contributed by atoms with van der Waals surface area (Å²) < 4.78 is 0. The molecule has 11 heavy (non-hydrogen) atoms. The molecule has 0 aliphatic heterocycles. The third-order valence-corrected chi connectivity index (χ3v) is 2.43. The molecular weight excluding hydrogens is 140 g/mol. The van der Waals surface area contributed by atoms with Crippen LogP contribution in [0.5, 0.6) is 0 Å². The van der Waals surface area contributed by atoms with E-state index in [4.69, 9.17) is 5.73 Å². The molecule has 0 radical (unpaired) electrons. The lowest BCUT2D eigenvalue weighted by molar-refractivity contribution is -0.109. The van der Waals surface area contributed by atoms with E-state index in [-0.39, 0.29) is 0 Å². The smallest absolute Gasteiger partial charge is 0.207 e. The third kappa shape index (κ3) is 2.50. The van der Waals surface area contributed by atoms with Gasteiger partial charge in [0.05, 0.1) is 0 Å². The molecule has 1 aliphatic rings. The molecule has 0 bridgehead atoms. The van der Waals surface area contributed by atoms with Crippen molar-refractivity contribution in [2.45, 2.75) is 31.7 Å². The van der Waals surface area contributed by atoms with Gasteiger partial charge in [0.25, 0.3) is 0 Å². The molecule has 0 saturated heterocycles. The van der Waals surface area contributed by atoms with Gasteiger partial charge in [0.2, 0.25) is 6.41 Å². The Balaban J connectivity index is 2.23. The molecule has 1 fully saturated rings. The highest BCUT2D eigenvalue weighted by atomic mass is 16.1. The van der Waals surface area contributed by atoms with Crippen LogP contribution in [0.15, 0.2) is 0 Å². The lowest BCUT2D eigenvalue weighted by Crippen LogP contribution is -2.39. The Morgan fingerprint density at radius 3 is 2.82 bits per heavy atom. The van der Waals surface area contributed by atoms with Crippen LogP contribution in [0.4, 0.5) is 0 Å². The second-order valence-corrected chi connectivity index (χ2v) is 3.23. The van der Waals surface area contributed by atoms with Crippen LogP contribution in [-0.4, -0.2) is 19.0 Å². The molecular formula is C8H16N2O. The van der Waals surface area contributed by atoms with Gasteiger partial charge in [0.1, 0.15) is 0 Å². The van der Waals surface area contributed by atoms with Crippen LogP contribution >= 0.6 is 0 Å². The first kappa shape index (κ1) is 8.53. The quantitative estimate of drug-likeness (QED) is 0.575. The summed E-state index contributed by atoms with van der Waals surface area (Å²) in [5, 5.41) is 2.69. The lowest BCUT2D eigenvalue weighted by atomic mass is 9.85. The summed E-state index contributed by atoms with van der Waals surface area (Å²) in [5.41, 5.74) is 5.86. The molecule has 2 unspecified atom stereocenters. The third-order valence-electron chi connectivity index (χ3n) is 2.43. The number of hydrogen-bond donors (Lipinski definition) is 2. The summed E-state index contributed by atoms with van der Waals surface area (Å²) in [6, 6.07) is 0.302. The van der Waals surface area contributed by atoms with Gasteiger partial charge in [-0.1, -0.05) is 12.8 Å². The van der Waals surface area contributed by atoms with Gasteiger partial charge in [-0.2, -0.15) is 0 Å². The number of nitrogens with one attached hydrogen (secondary N) is 1. The predicted octanol–water partition coefficient (Wildman–Crippen LogP) is 0.250. The number of nitrogens with two attached hydrogens (primary N) is 1. The maximum absolute atomic E-state index is 10.0. The Kier molecular flexibility index (Phi) is 3.36. The van der Waals surface area contributed by atoms with E-state index < -0.39 is 0 Å². The summed E-state index contributed by atoms with van der Waals surface area (Å²) in [6.45, 7) is 0.755. The second kappa shape index (κ2) is 4.34. The van der Waals surface area contributed by atoms with Crippen molar-refractivity contribution in [1.82, 2.24) is 5.32 Å². The van der Waals surface area contributed by atoms with E-state index in [1.54, 1.807) is 0 Å². The van der Waals surface area contributed by atoms with Gasteiger partial charge in [-0.05, 0) is 18.8 Å². The van der Waals surface area contributed by atoms with Crippen molar-refractivity contribution < 1.29 is 4.79 Å². The van der Waals surface area contributed by atoms with E-state index in [0.29, 0.717) is 12.0 Å². The summed E-state index contributed by atoms with van der Waals surface area (Å²) >= 11 is 0. The molecule has 3 nitrogen and oxygen atoms in total. The number of rotatable bonds is 3. The average Bonchev–Trinajstić information content (AvgIpc) is 2.03. The standard InChI is InChI=1S/C8H16N2O/c9-8-4-2-1-3-7(8)5-10-6-11/h6-8H,1-5,9H2,(H,10,11). The fourth-order valence-corrected chi connectivity index (χ4v) is 1.69. The minimum atomic E-state index is 0.302. The Hall–Kier alpha value is -0.570. The Labute approximate surface area is 67.3 Å². The largest absolute Gasteiger partial charge is 0.358 e. The zero-order valence-electron chi connectivity index (χ0n) is 6.75. The minimum Gasteiger partial charge on any atom is -0.358 e. The Bertz CT molecular complexity index is 127. The fourth-order valence-electron chi connectivity index (χ4n) is 1.69. The van der Waals surface area contributed by atoms with Crippen molar-refractivity contribution in [3.05, 3.63) is 0 Å². The molecule has 1 rings (SSSR count). The van der Waals surface area contributed by atoms with E-state index in [1.807, 2.05) is 0 Å². The summed E-state index contributed by atoms with van der Waals surface area (Å²) in [6.07, 6.45) is 5.55. The number of carbonyl (C=O) groups excluding carboxylic acids is 1. The zero-order chi connectivity index (χ0) is 8.10. The number of carbonyl (C=O) groups is 1. The van der Waals surface area contributed by atoms with Crippen LogP contribution in [0.25, 0.3) is 0 Å². The highest BCUT2D eigenvalue weighted by molar-refractivity contribution is 5.45. The monoisotopic (exact) mass is 156 g/mol. The first-order valence-corrected chi connectivity index (χ1v) is 4.27. The maximum atomic E-state index is 10.0. The van der Waals surface area contributed by atoms with Gasteiger partial charge in [-0.3, -0.25) is 4.79 Å². The van der Waals surface area contributed by atoms with E-state index >= 15 is 0 Å². The van der Waals surface area contributed by atoms with E-state index in [1.165, 1.54) is 19.3 Å². The molecule has 1 aliphatic carbocycles. The first-order valence-electron chi connectivity index (χ1n) is 4.27. The molecule has 0 heterocycles. The zero-order valence-corrected chi connectivity index (χ0v) is 6.75. The van der Waals surface area contributed by atoms with Crippen LogP contribution in [0.3, 0.4) is 0 Å². The normalized spacial score (nSPS) is 31.4. The fraction of sp³-hybridized carbons (Fsp3) is 0.875. The summed E-state index contributed by atoms with van der Waals surface area (Å²) in [7, 11) is 0. The average molecular weight is 156 g/mol. The molecule has 1 saturated carbocycles. The number of amides is 1. The van der Waals surface area contributed by atoms with Gasteiger partial charge in [0, 0.05) is 12.6 Å². The van der Waals surface area contributed by atoms with Crippen molar-refractivity contribution >= 4 is 6.41 Å².